The highest BCUT2D eigenvalue weighted by Gasteiger charge is 2.31. The van der Waals surface area contributed by atoms with Crippen LogP contribution in [0.2, 0.25) is 0 Å². The number of nitrogens with zero attached hydrogens (tertiary/aromatic N) is 3. The lowest BCUT2D eigenvalue weighted by molar-refractivity contribution is -0.138. The number of hydrogen-bond acceptors (Lipinski definition) is 5. The van der Waals surface area contributed by atoms with Crippen LogP contribution < -0.4 is 0 Å². The number of benzene rings is 1. The molecule has 0 N–H and O–H groups in total. The van der Waals surface area contributed by atoms with E-state index in [4.69, 9.17) is 0 Å². The first-order chi connectivity index (χ1) is 11.7. The summed E-state index contributed by atoms with van der Waals surface area (Å²) in [5, 5.41) is 10.2. The fourth-order valence-corrected chi connectivity index (χ4v) is 3.98. The Morgan fingerprint density at radius 3 is 2.75 bits per heavy atom. The number of amides is 1. The number of fused-ring (bicyclic) bond motifs is 1. The Hall–Kier alpha value is -2.26. The summed E-state index contributed by atoms with van der Waals surface area (Å²) in [5.41, 5.74) is 0.975. The van der Waals surface area contributed by atoms with Gasteiger partial charge in [-0.2, -0.15) is 5.26 Å². The van der Waals surface area contributed by atoms with Gasteiger partial charge in [0.15, 0.2) is 11.7 Å². The molecule has 1 amide bonds. The number of likely N-dealkylation sites (tertiary alicyclic amines) is 1. The first-order valence-corrected chi connectivity index (χ1v) is 9.06. The number of aryl methyl sites for hydroxylation is 1. The minimum absolute atomic E-state index is 0.244. The highest BCUT2D eigenvalue weighted by atomic mass is 32.1. The molecular weight excluding hydrogens is 322 g/mol. The maximum atomic E-state index is 12.2. The third-order valence-corrected chi connectivity index (χ3v) is 5.36. The van der Waals surface area contributed by atoms with E-state index in [1.54, 1.807) is 16.2 Å². The van der Waals surface area contributed by atoms with Gasteiger partial charge in [-0.15, -0.1) is 11.3 Å². The van der Waals surface area contributed by atoms with E-state index in [9.17, 15) is 14.9 Å². The van der Waals surface area contributed by atoms with Gasteiger partial charge in [-0.25, -0.2) is 4.98 Å². The lowest BCUT2D eigenvalue weighted by Gasteiger charge is -2.17. The maximum Gasteiger partial charge on any atom is 0.247 e. The topological polar surface area (TPSA) is 74.1 Å². The highest BCUT2D eigenvalue weighted by Crippen LogP contribution is 2.23. The molecule has 1 aliphatic rings. The Bertz CT molecular complexity index is 754. The van der Waals surface area contributed by atoms with Gasteiger partial charge in [-0.3, -0.25) is 9.59 Å². The van der Waals surface area contributed by atoms with Crippen molar-refractivity contribution in [2.45, 2.75) is 32.1 Å². The first-order valence-electron chi connectivity index (χ1n) is 8.24. The van der Waals surface area contributed by atoms with E-state index in [1.807, 2.05) is 30.3 Å². The molecule has 1 aromatic carbocycles. The third-order valence-electron chi connectivity index (χ3n) is 4.27. The normalized spacial score (nSPS) is 15.4. The monoisotopic (exact) mass is 341 g/mol. The fourth-order valence-electron chi connectivity index (χ4n) is 2.97. The van der Waals surface area contributed by atoms with Crippen molar-refractivity contribution in [3.63, 3.8) is 0 Å². The van der Waals surface area contributed by atoms with E-state index in [2.05, 4.69) is 4.98 Å². The zero-order valence-corrected chi connectivity index (χ0v) is 14.2. The van der Waals surface area contributed by atoms with E-state index < -0.39 is 5.92 Å². The van der Waals surface area contributed by atoms with Crippen molar-refractivity contribution < 1.29 is 9.59 Å². The van der Waals surface area contributed by atoms with E-state index in [-0.39, 0.29) is 18.1 Å². The molecule has 1 fully saturated rings. The van der Waals surface area contributed by atoms with Gasteiger partial charge in [-0.05, 0) is 37.8 Å². The van der Waals surface area contributed by atoms with Crippen LogP contribution in [0.4, 0.5) is 0 Å². The molecule has 0 saturated carbocycles. The van der Waals surface area contributed by atoms with Gasteiger partial charge in [0.25, 0.3) is 0 Å². The minimum atomic E-state index is -1.14. The number of para-hydroxylation sites is 1. The van der Waals surface area contributed by atoms with Crippen molar-refractivity contribution in [2.75, 3.05) is 13.1 Å². The van der Waals surface area contributed by atoms with Crippen LogP contribution in [0.1, 0.15) is 30.7 Å². The second kappa shape index (κ2) is 7.54. The predicted octanol–water partition coefficient (Wildman–Crippen LogP) is 2.95. The molecule has 24 heavy (non-hydrogen) atoms. The van der Waals surface area contributed by atoms with Crippen LogP contribution >= 0.6 is 11.3 Å². The van der Waals surface area contributed by atoms with Crippen molar-refractivity contribution in [3.8, 4) is 6.07 Å². The van der Waals surface area contributed by atoms with Crippen molar-refractivity contribution in [1.29, 1.82) is 5.26 Å². The molecule has 1 aromatic heterocycles. The van der Waals surface area contributed by atoms with Gasteiger partial charge in [0.2, 0.25) is 5.91 Å². The molecule has 3 rings (SSSR count). The molecule has 124 valence electrons. The van der Waals surface area contributed by atoms with Crippen molar-refractivity contribution >= 4 is 33.2 Å². The Balaban J connectivity index is 1.54. The number of aromatic nitrogens is 1. The van der Waals surface area contributed by atoms with Crippen LogP contribution in [0.25, 0.3) is 10.2 Å². The van der Waals surface area contributed by atoms with Crippen molar-refractivity contribution in [2.24, 2.45) is 5.92 Å². The zero-order valence-electron chi connectivity index (χ0n) is 13.4. The SMILES string of the molecule is N#C[C@@H](C(=O)CCCc1nc2ccccc2s1)C(=O)N1CCCC1. The molecule has 6 heteroatoms. The summed E-state index contributed by atoms with van der Waals surface area (Å²) in [6, 6.07) is 9.83. The maximum absolute atomic E-state index is 12.2. The number of Topliss-reactive ketones (excluding diaryl/α,β-unsaturated/α-hetero) is 1. The average Bonchev–Trinajstić information content (AvgIpc) is 3.24. The average molecular weight is 341 g/mol. The number of ketones is 1. The van der Waals surface area contributed by atoms with E-state index in [0.717, 1.165) is 28.1 Å². The number of carbonyl (C=O) groups is 2. The van der Waals surface area contributed by atoms with Gasteiger partial charge >= 0.3 is 0 Å². The summed E-state index contributed by atoms with van der Waals surface area (Å²) in [6.45, 7) is 1.33. The summed E-state index contributed by atoms with van der Waals surface area (Å²) >= 11 is 1.63. The second-order valence-corrected chi connectivity index (χ2v) is 7.10. The predicted molar refractivity (Wildman–Crippen MR) is 92.5 cm³/mol. The van der Waals surface area contributed by atoms with Crippen molar-refractivity contribution in [1.82, 2.24) is 9.88 Å². The molecule has 0 bridgehead atoms. The molecule has 2 aromatic rings. The quantitative estimate of drug-likeness (QED) is 0.757. The van der Waals surface area contributed by atoms with Crippen LogP contribution in [-0.2, 0) is 16.0 Å². The highest BCUT2D eigenvalue weighted by molar-refractivity contribution is 7.18. The summed E-state index contributed by atoms with van der Waals surface area (Å²) < 4.78 is 1.14. The van der Waals surface area contributed by atoms with E-state index in [0.29, 0.717) is 25.9 Å². The molecule has 0 spiro atoms. The molecular formula is C18H19N3O2S. The van der Waals surface area contributed by atoms with Gasteiger partial charge in [-0.1, -0.05) is 12.1 Å². The third kappa shape index (κ3) is 3.62. The Morgan fingerprint density at radius 2 is 2.04 bits per heavy atom. The summed E-state index contributed by atoms with van der Waals surface area (Å²) in [7, 11) is 0. The van der Waals surface area contributed by atoms with Gasteiger partial charge in [0, 0.05) is 19.5 Å². The van der Waals surface area contributed by atoms with Crippen LogP contribution in [0.3, 0.4) is 0 Å². The standard InChI is InChI=1S/C18H19N3O2S/c19-12-13(18(23)21-10-3-4-11-21)15(22)7-5-9-17-20-14-6-1-2-8-16(14)24-17/h1-2,6,8,13H,3-5,7,9-11H2/t13-/m0/s1. The zero-order chi connectivity index (χ0) is 16.9. The van der Waals surface area contributed by atoms with Crippen LogP contribution in [-0.4, -0.2) is 34.7 Å². The fraction of sp³-hybridized carbons (Fsp3) is 0.444. The van der Waals surface area contributed by atoms with Crippen LogP contribution in [0.5, 0.6) is 0 Å². The molecule has 5 nitrogen and oxygen atoms in total. The number of carbonyl (C=O) groups excluding carboxylic acids is 2. The number of hydrogen-bond donors (Lipinski definition) is 0. The van der Waals surface area contributed by atoms with E-state index >= 15 is 0 Å². The summed E-state index contributed by atoms with van der Waals surface area (Å²) in [5.74, 6) is -1.73. The lowest BCUT2D eigenvalue weighted by Crippen LogP contribution is -2.37. The van der Waals surface area contributed by atoms with E-state index in [1.165, 1.54) is 0 Å². The minimum Gasteiger partial charge on any atom is -0.341 e. The molecule has 1 aliphatic heterocycles. The Morgan fingerprint density at radius 1 is 1.29 bits per heavy atom. The van der Waals surface area contributed by atoms with Crippen LogP contribution in [0, 0.1) is 17.2 Å². The second-order valence-electron chi connectivity index (χ2n) is 5.99. The molecule has 1 atom stereocenters. The van der Waals surface area contributed by atoms with Gasteiger partial charge in [0.1, 0.15) is 0 Å². The molecule has 2 heterocycles. The summed E-state index contributed by atoms with van der Waals surface area (Å²) in [6.07, 6.45) is 3.46. The largest absolute Gasteiger partial charge is 0.341 e. The van der Waals surface area contributed by atoms with Crippen molar-refractivity contribution in [3.05, 3.63) is 29.3 Å². The Labute approximate surface area is 144 Å². The smallest absolute Gasteiger partial charge is 0.247 e. The first kappa shape index (κ1) is 16.6. The Kier molecular flexibility index (Phi) is 5.21. The molecule has 0 radical (unpaired) electrons. The summed E-state index contributed by atoms with van der Waals surface area (Å²) in [4.78, 5) is 30.7. The lowest BCUT2D eigenvalue weighted by atomic mass is 9.99. The number of thiazole rings is 1. The molecule has 1 saturated heterocycles. The van der Waals surface area contributed by atoms with Gasteiger partial charge in [0.05, 0.1) is 21.3 Å². The molecule has 0 aliphatic carbocycles. The number of rotatable bonds is 6. The number of nitriles is 1. The van der Waals surface area contributed by atoms with Crippen LogP contribution in [0.15, 0.2) is 24.3 Å². The molecule has 0 unspecified atom stereocenters. The van der Waals surface area contributed by atoms with Gasteiger partial charge < -0.3 is 4.90 Å².